The van der Waals surface area contributed by atoms with Crippen LogP contribution in [0.4, 0.5) is 5.82 Å². The van der Waals surface area contributed by atoms with E-state index >= 15 is 0 Å². The van der Waals surface area contributed by atoms with E-state index < -0.39 is 6.10 Å². The van der Waals surface area contributed by atoms with Crippen LogP contribution in [-0.4, -0.2) is 36.2 Å². The second-order valence-electron chi connectivity index (χ2n) is 5.72. The lowest BCUT2D eigenvalue weighted by atomic mass is 10.1. The number of benzene rings is 1. The number of nitrogens with zero attached hydrogens (tertiary/aromatic N) is 2. The van der Waals surface area contributed by atoms with Crippen molar-refractivity contribution in [2.45, 2.75) is 18.6 Å². The zero-order valence-electron chi connectivity index (χ0n) is 12.7. The number of nitrogens with one attached hydrogen (secondary N) is 1. The molecule has 2 atom stereocenters. The lowest BCUT2D eigenvalue weighted by Gasteiger charge is -2.18. The summed E-state index contributed by atoms with van der Waals surface area (Å²) in [6, 6.07) is 11.0. The molecule has 0 saturated heterocycles. The first-order valence-corrected chi connectivity index (χ1v) is 7.26. The third-order valence-electron chi connectivity index (χ3n) is 3.96. The van der Waals surface area contributed by atoms with Gasteiger partial charge in [-0.1, -0.05) is 24.3 Å². The van der Waals surface area contributed by atoms with Crippen molar-refractivity contribution in [2.24, 2.45) is 0 Å². The minimum Gasteiger partial charge on any atom is -0.390 e. The molecule has 2 unspecified atom stereocenters. The highest BCUT2D eigenvalue weighted by Gasteiger charge is 2.32. The van der Waals surface area contributed by atoms with Crippen LogP contribution in [0, 0.1) is 0 Å². The van der Waals surface area contributed by atoms with Crippen molar-refractivity contribution in [3.05, 3.63) is 59.3 Å². The van der Waals surface area contributed by atoms with Crippen LogP contribution in [0.2, 0.25) is 0 Å². The zero-order chi connectivity index (χ0) is 15.7. The number of rotatable bonds is 3. The van der Waals surface area contributed by atoms with E-state index in [1.807, 2.05) is 43.3 Å². The zero-order valence-corrected chi connectivity index (χ0v) is 12.7. The van der Waals surface area contributed by atoms with Gasteiger partial charge in [0.25, 0.3) is 5.91 Å². The molecule has 0 fully saturated rings. The molecule has 0 bridgehead atoms. The summed E-state index contributed by atoms with van der Waals surface area (Å²) in [5.74, 6) is 0.571. The fourth-order valence-corrected chi connectivity index (χ4v) is 2.76. The molecule has 22 heavy (non-hydrogen) atoms. The number of hydrogen-bond acceptors (Lipinski definition) is 4. The maximum absolute atomic E-state index is 12.4. The van der Waals surface area contributed by atoms with Crippen LogP contribution in [0.15, 0.2) is 42.6 Å². The molecule has 1 aliphatic rings. The van der Waals surface area contributed by atoms with Crippen molar-refractivity contribution in [1.29, 1.82) is 0 Å². The largest absolute Gasteiger partial charge is 0.390 e. The number of hydrogen-bond donors (Lipinski definition) is 2. The molecule has 0 aliphatic heterocycles. The SMILES string of the molecule is CN(C)c1ccc(C(=O)NC2c3ccccc3CC2O)cn1. The van der Waals surface area contributed by atoms with Gasteiger partial charge in [-0.05, 0) is 23.3 Å². The highest BCUT2D eigenvalue weighted by molar-refractivity contribution is 5.94. The Balaban J connectivity index is 1.77. The van der Waals surface area contributed by atoms with Gasteiger partial charge in [0.05, 0.1) is 17.7 Å². The Bertz CT molecular complexity index is 683. The molecule has 1 heterocycles. The molecule has 3 rings (SSSR count). The number of aliphatic hydroxyl groups is 1. The molecule has 0 spiro atoms. The van der Waals surface area contributed by atoms with E-state index in [4.69, 9.17) is 0 Å². The molecule has 1 aromatic heterocycles. The minimum absolute atomic E-state index is 0.224. The van der Waals surface area contributed by atoms with Gasteiger partial charge < -0.3 is 15.3 Å². The summed E-state index contributed by atoms with van der Waals surface area (Å²) in [5.41, 5.74) is 2.56. The summed E-state index contributed by atoms with van der Waals surface area (Å²) < 4.78 is 0. The molecule has 1 aromatic carbocycles. The van der Waals surface area contributed by atoms with Gasteiger partial charge in [-0.25, -0.2) is 4.98 Å². The summed E-state index contributed by atoms with van der Waals surface area (Å²) in [6.45, 7) is 0. The van der Waals surface area contributed by atoms with E-state index in [0.29, 0.717) is 12.0 Å². The number of aliphatic hydroxyl groups excluding tert-OH is 1. The summed E-state index contributed by atoms with van der Waals surface area (Å²) in [6.07, 6.45) is 1.53. The van der Waals surface area contributed by atoms with Crippen LogP contribution in [0.5, 0.6) is 0 Å². The van der Waals surface area contributed by atoms with E-state index in [0.717, 1.165) is 16.9 Å². The van der Waals surface area contributed by atoms with Crippen molar-refractivity contribution in [3.63, 3.8) is 0 Å². The number of amides is 1. The number of anilines is 1. The quantitative estimate of drug-likeness (QED) is 0.902. The Labute approximate surface area is 129 Å². The molecule has 1 aliphatic carbocycles. The molecule has 5 nitrogen and oxygen atoms in total. The molecule has 5 heteroatoms. The third kappa shape index (κ3) is 2.67. The van der Waals surface area contributed by atoms with Crippen LogP contribution in [0.3, 0.4) is 0 Å². The Kier molecular flexibility index (Phi) is 3.81. The van der Waals surface area contributed by atoms with Gasteiger partial charge in [0.15, 0.2) is 0 Å². The molecule has 2 aromatic rings. The molecule has 0 saturated carbocycles. The second-order valence-corrected chi connectivity index (χ2v) is 5.72. The van der Waals surface area contributed by atoms with Crippen molar-refractivity contribution in [1.82, 2.24) is 10.3 Å². The van der Waals surface area contributed by atoms with Crippen molar-refractivity contribution < 1.29 is 9.90 Å². The number of carbonyl (C=O) groups excluding carboxylic acids is 1. The maximum atomic E-state index is 12.4. The second kappa shape index (κ2) is 5.77. The topological polar surface area (TPSA) is 65.5 Å². The molecular weight excluding hydrogens is 278 g/mol. The van der Waals surface area contributed by atoms with Gasteiger partial charge in [-0.2, -0.15) is 0 Å². The number of carbonyl (C=O) groups is 1. The van der Waals surface area contributed by atoms with Gasteiger partial charge in [-0.15, -0.1) is 0 Å². The summed E-state index contributed by atoms with van der Waals surface area (Å²) in [4.78, 5) is 18.5. The average Bonchev–Trinajstić information content (AvgIpc) is 2.83. The number of aromatic nitrogens is 1. The molecular formula is C17H19N3O2. The Morgan fingerprint density at radius 2 is 2.05 bits per heavy atom. The molecule has 0 radical (unpaired) electrons. The van der Waals surface area contributed by atoms with Gasteiger partial charge >= 0.3 is 0 Å². The predicted octanol–water partition coefficient (Wildman–Crippen LogP) is 1.54. The first-order chi connectivity index (χ1) is 10.6. The van der Waals surface area contributed by atoms with Crippen molar-refractivity contribution >= 4 is 11.7 Å². The van der Waals surface area contributed by atoms with Crippen LogP contribution < -0.4 is 10.2 Å². The lowest BCUT2D eigenvalue weighted by Crippen LogP contribution is -2.33. The van der Waals surface area contributed by atoms with E-state index in [1.54, 1.807) is 18.3 Å². The standard InChI is InChI=1S/C17H19N3O2/c1-20(2)15-8-7-12(10-18-15)17(22)19-16-13-6-4-3-5-11(13)9-14(16)21/h3-8,10,14,16,21H,9H2,1-2H3,(H,19,22). The maximum Gasteiger partial charge on any atom is 0.253 e. The Morgan fingerprint density at radius 1 is 1.27 bits per heavy atom. The fraction of sp³-hybridized carbons (Fsp3) is 0.294. The van der Waals surface area contributed by atoms with Gasteiger partial charge in [-0.3, -0.25) is 4.79 Å². The van der Waals surface area contributed by atoms with Crippen molar-refractivity contribution in [3.8, 4) is 0 Å². The first kappa shape index (κ1) is 14.5. The number of pyridine rings is 1. The Morgan fingerprint density at radius 3 is 2.73 bits per heavy atom. The minimum atomic E-state index is -0.588. The smallest absolute Gasteiger partial charge is 0.253 e. The predicted molar refractivity (Wildman–Crippen MR) is 84.9 cm³/mol. The van der Waals surface area contributed by atoms with E-state index in [9.17, 15) is 9.90 Å². The van der Waals surface area contributed by atoms with Crippen LogP contribution in [0.25, 0.3) is 0 Å². The third-order valence-corrected chi connectivity index (χ3v) is 3.96. The fourth-order valence-electron chi connectivity index (χ4n) is 2.76. The lowest BCUT2D eigenvalue weighted by molar-refractivity contribution is 0.0858. The van der Waals surface area contributed by atoms with Crippen LogP contribution in [-0.2, 0) is 6.42 Å². The van der Waals surface area contributed by atoms with Crippen LogP contribution >= 0.6 is 0 Å². The van der Waals surface area contributed by atoms with Crippen molar-refractivity contribution in [2.75, 3.05) is 19.0 Å². The first-order valence-electron chi connectivity index (χ1n) is 7.26. The summed E-state index contributed by atoms with van der Waals surface area (Å²) >= 11 is 0. The van der Waals surface area contributed by atoms with E-state index in [-0.39, 0.29) is 11.9 Å². The van der Waals surface area contributed by atoms with Gasteiger partial charge in [0.1, 0.15) is 5.82 Å². The summed E-state index contributed by atoms with van der Waals surface area (Å²) in [5, 5.41) is 13.1. The molecule has 1 amide bonds. The Hall–Kier alpha value is -2.40. The summed E-state index contributed by atoms with van der Waals surface area (Å²) in [7, 11) is 3.79. The van der Waals surface area contributed by atoms with E-state index in [2.05, 4.69) is 10.3 Å². The van der Waals surface area contributed by atoms with Gasteiger partial charge in [0, 0.05) is 26.7 Å². The monoisotopic (exact) mass is 297 g/mol. The molecule has 114 valence electrons. The van der Waals surface area contributed by atoms with E-state index in [1.165, 1.54) is 0 Å². The highest BCUT2D eigenvalue weighted by atomic mass is 16.3. The van der Waals surface area contributed by atoms with Gasteiger partial charge in [0.2, 0.25) is 0 Å². The molecule has 2 N–H and O–H groups in total. The average molecular weight is 297 g/mol. The normalized spacial score (nSPS) is 19.6. The number of fused-ring (bicyclic) bond motifs is 1. The van der Waals surface area contributed by atoms with Crippen LogP contribution in [0.1, 0.15) is 27.5 Å². The highest BCUT2D eigenvalue weighted by Crippen LogP contribution is 2.31.